The number of nitrogens with zero attached hydrogens (tertiary/aromatic N) is 1. The van der Waals surface area contributed by atoms with Crippen LogP contribution in [-0.2, 0) is 9.59 Å². The zero-order valence-corrected chi connectivity index (χ0v) is 16.5. The van der Waals surface area contributed by atoms with Crippen LogP contribution in [0.4, 0.5) is 11.4 Å². The molecule has 9 nitrogen and oxygen atoms in total. The Morgan fingerprint density at radius 2 is 1.90 bits per heavy atom. The van der Waals surface area contributed by atoms with E-state index in [1.807, 2.05) is 0 Å². The minimum atomic E-state index is -0.537. The largest absolute Gasteiger partial charge is 0.497 e. The van der Waals surface area contributed by atoms with Gasteiger partial charge in [-0.3, -0.25) is 19.3 Å². The first kappa shape index (κ1) is 20.9. The number of rotatable bonds is 8. The summed E-state index contributed by atoms with van der Waals surface area (Å²) in [5.41, 5.74) is 1.30. The highest BCUT2D eigenvalue weighted by molar-refractivity contribution is 6.17. The summed E-state index contributed by atoms with van der Waals surface area (Å²) in [7, 11) is 3.02. The molecule has 0 saturated heterocycles. The van der Waals surface area contributed by atoms with Gasteiger partial charge in [0.15, 0.2) is 0 Å². The van der Waals surface area contributed by atoms with Crippen LogP contribution in [0.3, 0.4) is 0 Å². The Labute approximate surface area is 172 Å². The number of hydrogen-bond donors (Lipinski definition) is 3. The minimum Gasteiger partial charge on any atom is -0.497 e. The fourth-order valence-corrected chi connectivity index (χ4v) is 2.91. The number of anilines is 2. The Balaban J connectivity index is 1.76. The summed E-state index contributed by atoms with van der Waals surface area (Å²) in [6, 6.07) is 11.5. The lowest BCUT2D eigenvalue weighted by molar-refractivity contribution is -0.137. The summed E-state index contributed by atoms with van der Waals surface area (Å²) in [6.45, 7) is -0.397. The predicted molar refractivity (Wildman–Crippen MR) is 109 cm³/mol. The average Bonchev–Trinajstić information content (AvgIpc) is 3.01. The number of β-amino-alcohol motifs (C(OH)–C–C–N with tert-alkyl or cyclic N) is 1. The second kappa shape index (κ2) is 9.10. The van der Waals surface area contributed by atoms with E-state index in [1.54, 1.807) is 42.5 Å². The van der Waals surface area contributed by atoms with Crippen LogP contribution in [0.2, 0.25) is 0 Å². The molecule has 1 aliphatic rings. The van der Waals surface area contributed by atoms with Crippen LogP contribution in [-0.4, -0.2) is 55.1 Å². The Hall–Kier alpha value is -3.85. The topological polar surface area (TPSA) is 117 Å². The number of methoxy groups -OCH3 is 2. The summed E-state index contributed by atoms with van der Waals surface area (Å²) >= 11 is 0. The van der Waals surface area contributed by atoms with Crippen LogP contribution >= 0.6 is 0 Å². The molecule has 30 heavy (non-hydrogen) atoms. The predicted octanol–water partition coefficient (Wildman–Crippen LogP) is 1.61. The fraction of sp³-hybridized carbons (Fsp3) is 0.190. The van der Waals surface area contributed by atoms with Crippen LogP contribution in [0.5, 0.6) is 11.5 Å². The average molecular weight is 411 g/mol. The van der Waals surface area contributed by atoms with E-state index in [4.69, 9.17) is 14.6 Å². The van der Waals surface area contributed by atoms with E-state index in [0.717, 1.165) is 11.0 Å². The minimum absolute atomic E-state index is 0.0699. The highest BCUT2D eigenvalue weighted by Gasteiger charge is 2.30. The van der Waals surface area contributed by atoms with E-state index in [2.05, 4.69) is 10.6 Å². The van der Waals surface area contributed by atoms with Crippen molar-refractivity contribution >= 4 is 29.1 Å². The second-order valence-corrected chi connectivity index (χ2v) is 6.30. The molecule has 3 amide bonds. The molecule has 1 aliphatic heterocycles. The number of carbonyl (C=O) groups excluding carboxylic acids is 3. The van der Waals surface area contributed by atoms with Crippen molar-refractivity contribution in [2.45, 2.75) is 0 Å². The van der Waals surface area contributed by atoms with Gasteiger partial charge in [0.25, 0.3) is 17.7 Å². The third kappa shape index (κ3) is 4.41. The Morgan fingerprint density at radius 3 is 2.60 bits per heavy atom. The molecule has 0 spiro atoms. The molecule has 2 aromatic carbocycles. The molecule has 0 atom stereocenters. The highest BCUT2D eigenvalue weighted by atomic mass is 16.5. The quantitative estimate of drug-likeness (QED) is 0.565. The van der Waals surface area contributed by atoms with Crippen molar-refractivity contribution in [1.82, 2.24) is 4.90 Å². The van der Waals surface area contributed by atoms with E-state index < -0.39 is 17.7 Å². The van der Waals surface area contributed by atoms with Crippen LogP contribution in [0.1, 0.15) is 10.4 Å². The van der Waals surface area contributed by atoms with Crippen molar-refractivity contribution < 1.29 is 29.0 Å². The van der Waals surface area contributed by atoms with Crippen LogP contribution in [0.15, 0.2) is 54.2 Å². The number of imide groups is 1. The van der Waals surface area contributed by atoms with Gasteiger partial charge in [-0.05, 0) is 30.3 Å². The van der Waals surface area contributed by atoms with E-state index >= 15 is 0 Å². The first-order chi connectivity index (χ1) is 14.5. The molecular formula is C21H21N3O6. The number of ether oxygens (including phenoxy) is 2. The molecule has 1 heterocycles. The first-order valence-electron chi connectivity index (χ1n) is 9.05. The molecule has 0 unspecified atom stereocenters. The normalized spacial score (nSPS) is 13.2. The van der Waals surface area contributed by atoms with E-state index in [0.29, 0.717) is 28.4 Å². The summed E-state index contributed by atoms with van der Waals surface area (Å²) in [6.07, 6.45) is 1.16. The first-order valence-corrected chi connectivity index (χ1v) is 9.05. The van der Waals surface area contributed by atoms with Gasteiger partial charge in [-0.15, -0.1) is 0 Å². The number of amides is 3. The zero-order chi connectivity index (χ0) is 21.7. The van der Waals surface area contributed by atoms with Crippen LogP contribution < -0.4 is 20.1 Å². The van der Waals surface area contributed by atoms with Gasteiger partial charge in [-0.1, -0.05) is 6.07 Å². The van der Waals surface area contributed by atoms with Gasteiger partial charge in [0.05, 0.1) is 33.1 Å². The van der Waals surface area contributed by atoms with Crippen molar-refractivity contribution in [2.24, 2.45) is 0 Å². The lowest BCUT2D eigenvalue weighted by atomic mass is 10.1. The fourth-order valence-electron chi connectivity index (χ4n) is 2.91. The Bertz CT molecular complexity index is 1020. The third-order valence-electron chi connectivity index (χ3n) is 4.39. The third-order valence-corrected chi connectivity index (χ3v) is 4.39. The molecule has 0 aliphatic carbocycles. The van der Waals surface area contributed by atoms with Gasteiger partial charge in [0.2, 0.25) is 0 Å². The molecular weight excluding hydrogens is 390 g/mol. The summed E-state index contributed by atoms with van der Waals surface area (Å²) in [4.78, 5) is 37.8. The second-order valence-electron chi connectivity index (χ2n) is 6.30. The maximum atomic E-state index is 12.7. The van der Waals surface area contributed by atoms with Crippen LogP contribution in [0, 0.1) is 0 Å². The highest BCUT2D eigenvalue weighted by Crippen LogP contribution is 2.29. The van der Waals surface area contributed by atoms with Crippen molar-refractivity contribution in [3.63, 3.8) is 0 Å². The molecule has 0 saturated carbocycles. The number of aliphatic hydroxyl groups excluding tert-OH is 1. The number of nitrogens with one attached hydrogen (secondary N) is 2. The number of hydrogen-bond acceptors (Lipinski definition) is 7. The van der Waals surface area contributed by atoms with Crippen molar-refractivity contribution in [3.05, 3.63) is 59.8 Å². The van der Waals surface area contributed by atoms with Crippen molar-refractivity contribution in [3.8, 4) is 11.5 Å². The zero-order valence-electron chi connectivity index (χ0n) is 16.5. The molecule has 2 aromatic rings. The van der Waals surface area contributed by atoms with E-state index in [9.17, 15) is 14.4 Å². The van der Waals surface area contributed by atoms with Gasteiger partial charge < -0.3 is 25.2 Å². The van der Waals surface area contributed by atoms with E-state index in [-0.39, 0.29) is 18.8 Å². The number of benzene rings is 2. The standard InChI is InChI=1S/C21H21N3O6/c1-29-15-6-7-18(30-2)16(11-15)23-20(27)13-4-3-5-14(10-13)22-17-12-19(26)24(8-9-25)21(17)28/h3-7,10-12,22,25H,8-9H2,1-2H3,(H,23,27). The Kier molecular flexibility index (Phi) is 6.33. The molecule has 0 bridgehead atoms. The summed E-state index contributed by atoms with van der Waals surface area (Å²) in [5, 5.41) is 14.6. The molecule has 0 fully saturated rings. The van der Waals surface area contributed by atoms with Gasteiger partial charge >= 0.3 is 0 Å². The lowest BCUT2D eigenvalue weighted by Crippen LogP contribution is -2.34. The van der Waals surface area contributed by atoms with Crippen molar-refractivity contribution in [1.29, 1.82) is 0 Å². The molecule has 0 radical (unpaired) electrons. The molecule has 3 N–H and O–H groups in total. The molecule has 156 valence electrons. The monoisotopic (exact) mass is 411 g/mol. The van der Waals surface area contributed by atoms with E-state index in [1.165, 1.54) is 14.2 Å². The summed E-state index contributed by atoms with van der Waals surface area (Å²) in [5.74, 6) is -0.400. The Morgan fingerprint density at radius 1 is 1.10 bits per heavy atom. The van der Waals surface area contributed by atoms with Gasteiger partial charge in [-0.2, -0.15) is 0 Å². The number of carbonyl (C=O) groups is 3. The smallest absolute Gasteiger partial charge is 0.277 e. The lowest BCUT2D eigenvalue weighted by Gasteiger charge is -2.14. The maximum absolute atomic E-state index is 12.7. The SMILES string of the molecule is COc1ccc(OC)c(NC(=O)c2cccc(NC3=CC(=O)N(CCO)C3=O)c2)c1. The molecule has 9 heteroatoms. The van der Waals surface area contributed by atoms with Crippen molar-refractivity contribution in [2.75, 3.05) is 38.0 Å². The molecule has 0 aromatic heterocycles. The van der Waals surface area contributed by atoms with Gasteiger partial charge in [0.1, 0.15) is 17.2 Å². The maximum Gasteiger partial charge on any atom is 0.277 e. The van der Waals surface area contributed by atoms with Crippen LogP contribution in [0.25, 0.3) is 0 Å². The molecule has 3 rings (SSSR count). The van der Waals surface area contributed by atoms with Gasteiger partial charge in [-0.25, -0.2) is 0 Å². The number of aliphatic hydroxyl groups is 1. The van der Waals surface area contributed by atoms with Gasteiger partial charge in [0, 0.05) is 23.4 Å². The summed E-state index contributed by atoms with van der Waals surface area (Å²) < 4.78 is 10.4.